The van der Waals surface area contributed by atoms with Gasteiger partial charge in [-0.25, -0.2) is 8.42 Å². The molecular weight excluding hydrogens is 398 g/mol. The first-order chi connectivity index (χ1) is 14.5. The number of ether oxygens (including phenoxy) is 1. The molecule has 0 aromatic heterocycles. The predicted octanol–water partition coefficient (Wildman–Crippen LogP) is 3.18. The van der Waals surface area contributed by atoms with Gasteiger partial charge >= 0.3 is 0 Å². The fourth-order valence-corrected chi connectivity index (χ4v) is 3.47. The van der Waals surface area contributed by atoms with E-state index in [1.807, 2.05) is 37.3 Å². The van der Waals surface area contributed by atoms with Gasteiger partial charge in [0.05, 0.1) is 11.5 Å². The molecule has 0 aliphatic heterocycles. The van der Waals surface area contributed by atoms with E-state index in [0.29, 0.717) is 11.5 Å². The SMILES string of the molecule is CCNC(=NCCCCOCc1ccccc1)NCCc1ccc(S(C)(=O)=O)cc1. The lowest BCUT2D eigenvalue weighted by molar-refractivity contribution is 0.117. The Morgan fingerprint density at radius 1 is 0.967 bits per heavy atom. The van der Waals surface area contributed by atoms with Crippen LogP contribution in [-0.2, 0) is 27.6 Å². The van der Waals surface area contributed by atoms with Crippen molar-refractivity contribution in [1.29, 1.82) is 0 Å². The molecular formula is C23H33N3O3S. The van der Waals surface area contributed by atoms with E-state index < -0.39 is 9.84 Å². The van der Waals surface area contributed by atoms with Crippen molar-refractivity contribution in [3.63, 3.8) is 0 Å². The Kier molecular flexibility index (Phi) is 10.4. The summed E-state index contributed by atoms with van der Waals surface area (Å²) in [7, 11) is -3.15. The number of sulfone groups is 1. The molecule has 7 heteroatoms. The Balaban J connectivity index is 1.64. The largest absolute Gasteiger partial charge is 0.377 e. The highest BCUT2D eigenvalue weighted by molar-refractivity contribution is 7.90. The van der Waals surface area contributed by atoms with Gasteiger partial charge in [-0.2, -0.15) is 0 Å². The van der Waals surface area contributed by atoms with Crippen molar-refractivity contribution in [3.8, 4) is 0 Å². The van der Waals surface area contributed by atoms with Crippen molar-refractivity contribution in [2.75, 3.05) is 32.5 Å². The van der Waals surface area contributed by atoms with Gasteiger partial charge in [-0.15, -0.1) is 0 Å². The third-order valence-electron chi connectivity index (χ3n) is 4.48. The highest BCUT2D eigenvalue weighted by Gasteiger charge is 2.06. The third kappa shape index (κ3) is 9.41. The molecule has 2 rings (SSSR count). The zero-order chi connectivity index (χ0) is 21.7. The maximum atomic E-state index is 11.5. The van der Waals surface area contributed by atoms with Gasteiger partial charge in [0.1, 0.15) is 0 Å². The van der Waals surface area contributed by atoms with Crippen LogP contribution in [0.15, 0.2) is 64.5 Å². The maximum Gasteiger partial charge on any atom is 0.191 e. The van der Waals surface area contributed by atoms with Crippen LogP contribution in [-0.4, -0.2) is 46.9 Å². The van der Waals surface area contributed by atoms with E-state index in [-0.39, 0.29) is 0 Å². The van der Waals surface area contributed by atoms with Gasteiger partial charge in [-0.3, -0.25) is 4.99 Å². The summed E-state index contributed by atoms with van der Waals surface area (Å²) in [6, 6.07) is 17.2. The topological polar surface area (TPSA) is 79.8 Å². The Morgan fingerprint density at radius 2 is 1.70 bits per heavy atom. The van der Waals surface area contributed by atoms with Crippen LogP contribution in [0, 0.1) is 0 Å². The number of aliphatic imine (C=N–C) groups is 1. The van der Waals surface area contributed by atoms with Crippen LogP contribution in [0.5, 0.6) is 0 Å². The Morgan fingerprint density at radius 3 is 2.37 bits per heavy atom. The summed E-state index contributed by atoms with van der Waals surface area (Å²) >= 11 is 0. The second-order valence-electron chi connectivity index (χ2n) is 7.10. The van der Waals surface area contributed by atoms with Crippen LogP contribution >= 0.6 is 0 Å². The van der Waals surface area contributed by atoms with Gasteiger partial charge in [-0.05, 0) is 49.4 Å². The smallest absolute Gasteiger partial charge is 0.191 e. The quantitative estimate of drug-likeness (QED) is 0.307. The molecule has 0 amide bonds. The number of hydrogen-bond acceptors (Lipinski definition) is 4. The molecule has 2 N–H and O–H groups in total. The van der Waals surface area contributed by atoms with Crippen molar-refractivity contribution >= 4 is 15.8 Å². The van der Waals surface area contributed by atoms with E-state index in [1.165, 1.54) is 11.8 Å². The number of benzene rings is 2. The van der Waals surface area contributed by atoms with Gasteiger partial charge in [-0.1, -0.05) is 42.5 Å². The molecule has 2 aromatic carbocycles. The summed E-state index contributed by atoms with van der Waals surface area (Å²) in [5.41, 5.74) is 2.28. The lowest BCUT2D eigenvalue weighted by Gasteiger charge is -2.11. The van der Waals surface area contributed by atoms with Gasteiger partial charge in [0.15, 0.2) is 15.8 Å². The minimum atomic E-state index is -3.15. The molecule has 30 heavy (non-hydrogen) atoms. The molecule has 0 unspecified atom stereocenters. The minimum Gasteiger partial charge on any atom is -0.377 e. The summed E-state index contributed by atoms with van der Waals surface area (Å²) in [6.07, 6.45) is 3.96. The normalized spacial score (nSPS) is 12.0. The number of unbranched alkanes of at least 4 members (excludes halogenated alkanes) is 1. The molecule has 2 aromatic rings. The second-order valence-corrected chi connectivity index (χ2v) is 9.11. The molecule has 0 fully saturated rings. The Labute approximate surface area is 180 Å². The number of rotatable bonds is 12. The molecule has 0 radical (unpaired) electrons. The average Bonchev–Trinajstić information content (AvgIpc) is 2.73. The highest BCUT2D eigenvalue weighted by Crippen LogP contribution is 2.10. The molecule has 0 atom stereocenters. The molecule has 0 aliphatic carbocycles. The molecule has 0 spiro atoms. The van der Waals surface area contributed by atoms with Crippen LogP contribution in [0.1, 0.15) is 30.9 Å². The zero-order valence-electron chi connectivity index (χ0n) is 17.9. The second kappa shape index (κ2) is 13.0. The summed E-state index contributed by atoms with van der Waals surface area (Å²) in [4.78, 5) is 4.96. The lowest BCUT2D eigenvalue weighted by atomic mass is 10.1. The first-order valence-electron chi connectivity index (χ1n) is 10.4. The maximum absolute atomic E-state index is 11.5. The third-order valence-corrected chi connectivity index (χ3v) is 5.61. The van der Waals surface area contributed by atoms with Gasteiger partial charge in [0.25, 0.3) is 0 Å². The van der Waals surface area contributed by atoms with E-state index >= 15 is 0 Å². The first-order valence-corrected chi connectivity index (χ1v) is 12.3. The lowest BCUT2D eigenvalue weighted by Crippen LogP contribution is -2.38. The van der Waals surface area contributed by atoms with Gasteiger partial charge in [0, 0.05) is 32.5 Å². The predicted molar refractivity (Wildman–Crippen MR) is 123 cm³/mol. The molecule has 0 bridgehead atoms. The number of guanidine groups is 1. The minimum absolute atomic E-state index is 0.349. The van der Waals surface area contributed by atoms with Crippen molar-refractivity contribution < 1.29 is 13.2 Å². The van der Waals surface area contributed by atoms with E-state index in [4.69, 9.17) is 4.74 Å². The molecule has 0 saturated carbocycles. The first kappa shape index (κ1) is 23.9. The van der Waals surface area contributed by atoms with Crippen LogP contribution in [0.25, 0.3) is 0 Å². The average molecular weight is 432 g/mol. The van der Waals surface area contributed by atoms with Crippen molar-refractivity contribution in [2.45, 2.75) is 37.7 Å². The van der Waals surface area contributed by atoms with E-state index in [2.05, 4.69) is 27.8 Å². The summed E-state index contributed by atoms with van der Waals surface area (Å²) in [5.74, 6) is 0.801. The highest BCUT2D eigenvalue weighted by atomic mass is 32.2. The summed E-state index contributed by atoms with van der Waals surface area (Å²) in [6.45, 7) is 5.70. The molecule has 164 valence electrons. The van der Waals surface area contributed by atoms with Crippen LogP contribution in [0.2, 0.25) is 0 Å². The fourth-order valence-electron chi connectivity index (χ4n) is 2.84. The molecule has 6 nitrogen and oxygen atoms in total. The van der Waals surface area contributed by atoms with Crippen molar-refractivity contribution in [3.05, 3.63) is 65.7 Å². The Bertz CT molecular complexity index is 866. The van der Waals surface area contributed by atoms with Gasteiger partial charge in [0.2, 0.25) is 0 Å². The number of hydrogen-bond donors (Lipinski definition) is 2. The number of nitrogens with one attached hydrogen (secondary N) is 2. The van der Waals surface area contributed by atoms with E-state index in [1.54, 1.807) is 12.1 Å². The molecule has 0 aliphatic rings. The Hall–Kier alpha value is -2.38. The fraction of sp³-hybridized carbons (Fsp3) is 0.435. The van der Waals surface area contributed by atoms with E-state index in [0.717, 1.165) is 57.0 Å². The van der Waals surface area contributed by atoms with Gasteiger partial charge < -0.3 is 15.4 Å². The zero-order valence-corrected chi connectivity index (χ0v) is 18.7. The molecule has 0 heterocycles. The van der Waals surface area contributed by atoms with Crippen molar-refractivity contribution in [1.82, 2.24) is 10.6 Å². The van der Waals surface area contributed by atoms with Crippen LogP contribution in [0.3, 0.4) is 0 Å². The van der Waals surface area contributed by atoms with Crippen molar-refractivity contribution in [2.24, 2.45) is 4.99 Å². The standard InChI is InChI=1S/C23H33N3O3S/c1-3-24-23(25-16-7-8-18-29-19-21-9-5-4-6-10-21)26-17-15-20-11-13-22(14-12-20)30(2,27)28/h4-6,9-14H,3,7-8,15-19H2,1-2H3,(H2,24,25,26). The van der Waals surface area contributed by atoms with Crippen LogP contribution in [0.4, 0.5) is 0 Å². The number of nitrogens with zero attached hydrogens (tertiary/aromatic N) is 1. The van der Waals surface area contributed by atoms with E-state index in [9.17, 15) is 8.42 Å². The molecule has 0 saturated heterocycles. The van der Waals surface area contributed by atoms with Crippen LogP contribution < -0.4 is 10.6 Å². The summed E-state index contributed by atoms with van der Waals surface area (Å²) < 4.78 is 28.7. The monoisotopic (exact) mass is 431 g/mol. The summed E-state index contributed by atoms with van der Waals surface area (Å²) in [5, 5.41) is 6.58.